The lowest BCUT2D eigenvalue weighted by molar-refractivity contribution is 0.102. The van der Waals surface area contributed by atoms with E-state index in [0.29, 0.717) is 17.1 Å². The summed E-state index contributed by atoms with van der Waals surface area (Å²) in [4.78, 5) is 21.7. The minimum atomic E-state index is -0.254. The third kappa shape index (κ3) is 3.41. The topological polar surface area (TPSA) is 59.3 Å². The number of hydrogen-bond acceptors (Lipinski definition) is 4. The van der Waals surface area contributed by atoms with E-state index in [1.165, 1.54) is 23.5 Å². The van der Waals surface area contributed by atoms with Gasteiger partial charge in [0.05, 0.1) is 5.56 Å². The quantitative estimate of drug-likeness (QED) is 0.608. The lowest BCUT2D eigenvalue weighted by Crippen LogP contribution is -2.12. The Kier molecular flexibility index (Phi) is 3.99. The molecule has 4 rings (SSSR count). The van der Waals surface area contributed by atoms with Crippen LogP contribution in [0.15, 0.2) is 61.2 Å². The molecule has 0 spiro atoms. The summed E-state index contributed by atoms with van der Waals surface area (Å²) in [7, 11) is 0. The molecule has 1 N–H and O–H groups in total. The van der Waals surface area contributed by atoms with Crippen LogP contribution >= 0.6 is 11.3 Å². The maximum atomic E-state index is 12.9. The van der Waals surface area contributed by atoms with Crippen molar-refractivity contribution in [3.05, 3.63) is 83.0 Å². The minimum Gasteiger partial charge on any atom is -0.306 e. The number of nitrogens with one attached hydrogen (secondary N) is 1. The number of imidazole rings is 1. The van der Waals surface area contributed by atoms with Gasteiger partial charge in [0.25, 0.3) is 5.91 Å². The SMILES string of the molecule is O=C(Nc1ncc(Cc2ccc(F)cc2)s1)c1ccc2nccn2c1. The van der Waals surface area contributed by atoms with E-state index in [1.54, 1.807) is 53.5 Å². The largest absolute Gasteiger partial charge is 0.306 e. The highest BCUT2D eigenvalue weighted by atomic mass is 32.1. The number of pyridine rings is 1. The number of aromatic nitrogens is 3. The molecule has 1 aromatic carbocycles. The van der Waals surface area contributed by atoms with Gasteiger partial charge in [-0.05, 0) is 29.8 Å². The first-order chi connectivity index (χ1) is 12.2. The van der Waals surface area contributed by atoms with E-state index in [9.17, 15) is 9.18 Å². The van der Waals surface area contributed by atoms with Crippen molar-refractivity contribution < 1.29 is 9.18 Å². The van der Waals surface area contributed by atoms with E-state index in [-0.39, 0.29) is 11.7 Å². The molecule has 0 saturated heterocycles. The zero-order valence-electron chi connectivity index (χ0n) is 13.0. The summed E-state index contributed by atoms with van der Waals surface area (Å²) >= 11 is 1.40. The van der Waals surface area contributed by atoms with E-state index < -0.39 is 0 Å². The molecule has 0 aliphatic rings. The molecule has 0 bridgehead atoms. The average molecular weight is 352 g/mol. The van der Waals surface area contributed by atoms with Crippen LogP contribution in [0.2, 0.25) is 0 Å². The van der Waals surface area contributed by atoms with Gasteiger partial charge in [-0.3, -0.25) is 10.1 Å². The molecule has 25 heavy (non-hydrogen) atoms. The maximum absolute atomic E-state index is 12.9. The Morgan fingerprint density at radius 1 is 1.16 bits per heavy atom. The Hall–Kier alpha value is -3.06. The van der Waals surface area contributed by atoms with Crippen molar-refractivity contribution in [2.45, 2.75) is 6.42 Å². The molecule has 0 fully saturated rings. The van der Waals surface area contributed by atoms with Crippen LogP contribution in [0.1, 0.15) is 20.8 Å². The van der Waals surface area contributed by atoms with E-state index in [0.717, 1.165) is 16.1 Å². The first-order valence-corrected chi connectivity index (χ1v) is 8.42. The number of carbonyl (C=O) groups excluding carboxylic acids is 1. The first-order valence-electron chi connectivity index (χ1n) is 7.60. The second-order valence-corrected chi connectivity index (χ2v) is 6.61. The van der Waals surface area contributed by atoms with Crippen molar-refractivity contribution in [2.75, 3.05) is 5.32 Å². The standard InChI is InChI=1S/C18H13FN4OS/c19-14-4-1-12(2-5-14)9-15-10-21-18(25-15)22-17(24)13-3-6-16-20-7-8-23(16)11-13/h1-8,10-11H,9H2,(H,21,22,24). The maximum Gasteiger partial charge on any atom is 0.258 e. The van der Waals surface area contributed by atoms with Crippen LogP contribution in [0.5, 0.6) is 0 Å². The van der Waals surface area contributed by atoms with Crippen molar-refractivity contribution in [3.63, 3.8) is 0 Å². The molecule has 0 saturated carbocycles. The van der Waals surface area contributed by atoms with Crippen LogP contribution in [0.3, 0.4) is 0 Å². The summed E-state index contributed by atoms with van der Waals surface area (Å²) in [6, 6.07) is 9.87. The zero-order chi connectivity index (χ0) is 17.2. The molecule has 3 aromatic heterocycles. The van der Waals surface area contributed by atoms with Gasteiger partial charge in [-0.15, -0.1) is 11.3 Å². The van der Waals surface area contributed by atoms with Crippen LogP contribution in [-0.4, -0.2) is 20.3 Å². The molecule has 7 heteroatoms. The number of thiazole rings is 1. The minimum absolute atomic E-state index is 0.224. The Morgan fingerprint density at radius 3 is 2.84 bits per heavy atom. The molecule has 0 aliphatic carbocycles. The number of benzene rings is 1. The number of anilines is 1. The van der Waals surface area contributed by atoms with Crippen molar-refractivity contribution in [3.8, 4) is 0 Å². The number of amides is 1. The molecular formula is C18H13FN4OS. The van der Waals surface area contributed by atoms with Crippen molar-refractivity contribution in [1.82, 2.24) is 14.4 Å². The van der Waals surface area contributed by atoms with Gasteiger partial charge in [0.1, 0.15) is 11.5 Å². The Balaban J connectivity index is 1.46. The van der Waals surface area contributed by atoms with E-state index in [1.807, 2.05) is 0 Å². The first kappa shape index (κ1) is 15.5. The molecule has 0 atom stereocenters. The molecule has 5 nitrogen and oxygen atoms in total. The predicted molar refractivity (Wildman–Crippen MR) is 94.5 cm³/mol. The fourth-order valence-electron chi connectivity index (χ4n) is 2.47. The van der Waals surface area contributed by atoms with Gasteiger partial charge < -0.3 is 4.40 Å². The molecule has 3 heterocycles. The Morgan fingerprint density at radius 2 is 2.00 bits per heavy atom. The number of carbonyl (C=O) groups is 1. The van der Waals surface area contributed by atoms with Crippen molar-refractivity contribution in [2.24, 2.45) is 0 Å². The predicted octanol–water partition coefficient (Wildman–Crippen LogP) is 3.77. The third-order valence-corrected chi connectivity index (χ3v) is 4.63. The van der Waals surface area contributed by atoms with Crippen molar-refractivity contribution >= 4 is 28.0 Å². The highest BCUT2D eigenvalue weighted by Crippen LogP contribution is 2.22. The molecular weight excluding hydrogens is 339 g/mol. The van der Waals surface area contributed by atoms with E-state index in [2.05, 4.69) is 15.3 Å². The van der Waals surface area contributed by atoms with Gasteiger partial charge in [0.15, 0.2) is 5.13 Å². The highest BCUT2D eigenvalue weighted by Gasteiger charge is 2.10. The van der Waals surface area contributed by atoms with Crippen LogP contribution in [-0.2, 0) is 6.42 Å². The summed E-state index contributed by atoms with van der Waals surface area (Å²) in [6.45, 7) is 0. The van der Waals surface area contributed by atoms with Gasteiger partial charge in [0, 0.05) is 36.1 Å². The fraction of sp³-hybridized carbons (Fsp3) is 0.0556. The summed E-state index contributed by atoms with van der Waals surface area (Å²) in [5.41, 5.74) is 2.31. The summed E-state index contributed by atoms with van der Waals surface area (Å²) in [5, 5.41) is 3.34. The lowest BCUT2D eigenvalue weighted by atomic mass is 10.1. The Labute approximate surface area is 146 Å². The Bertz CT molecular complexity index is 1040. The number of hydrogen-bond donors (Lipinski definition) is 1. The van der Waals surface area contributed by atoms with Gasteiger partial charge in [-0.1, -0.05) is 12.1 Å². The van der Waals surface area contributed by atoms with Crippen LogP contribution in [0.4, 0.5) is 9.52 Å². The smallest absolute Gasteiger partial charge is 0.258 e. The number of nitrogens with zero attached hydrogens (tertiary/aromatic N) is 3. The van der Waals surface area contributed by atoms with Crippen LogP contribution < -0.4 is 5.32 Å². The number of halogens is 1. The normalized spacial score (nSPS) is 10.9. The molecule has 124 valence electrons. The van der Waals surface area contributed by atoms with E-state index in [4.69, 9.17) is 0 Å². The number of fused-ring (bicyclic) bond motifs is 1. The van der Waals surface area contributed by atoms with Gasteiger partial charge in [-0.25, -0.2) is 14.4 Å². The van der Waals surface area contributed by atoms with Gasteiger partial charge in [0.2, 0.25) is 0 Å². The van der Waals surface area contributed by atoms with E-state index >= 15 is 0 Å². The lowest BCUT2D eigenvalue weighted by Gasteiger charge is -2.02. The average Bonchev–Trinajstić information content (AvgIpc) is 3.25. The molecule has 0 radical (unpaired) electrons. The van der Waals surface area contributed by atoms with Crippen LogP contribution in [0, 0.1) is 5.82 Å². The zero-order valence-corrected chi connectivity index (χ0v) is 13.8. The fourth-order valence-corrected chi connectivity index (χ4v) is 3.32. The second-order valence-electron chi connectivity index (χ2n) is 5.50. The summed E-state index contributed by atoms with van der Waals surface area (Å²) in [6.07, 6.45) is 7.57. The molecule has 0 unspecified atom stereocenters. The number of rotatable bonds is 4. The summed E-state index contributed by atoms with van der Waals surface area (Å²) < 4.78 is 14.7. The van der Waals surface area contributed by atoms with Crippen LogP contribution in [0.25, 0.3) is 5.65 Å². The highest BCUT2D eigenvalue weighted by molar-refractivity contribution is 7.15. The monoisotopic (exact) mass is 352 g/mol. The molecule has 1 amide bonds. The van der Waals surface area contributed by atoms with Gasteiger partial charge >= 0.3 is 0 Å². The third-order valence-electron chi connectivity index (χ3n) is 3.72. The van der Waals surface area contributed by atoms with Gasteiger partial charge in [-0.2, -0.15) is 0 Å². The summed E-state index contributed by atoms with van der Waals surface area (Å²) in [5.74, 6) is -0.478. The van der Waals surface area contributed by atoms with Crippen molar-refractivity contribution in [1.29, 1.82) is 0 Å². The second kappa shape index (κ2) is 6.45. The molecule has 4 aromatic rings. The molecule has 0 aliphatic heterocycles.